The van der Waals surface area contributed by atoms with Gasteiger partial charge in [-0.15, -0.1) is 0 Å². The Kier molecular flexibility index (Phi) is 5.38. The molecular formula is C19H23N3O3S. The first-order valence-electron chi connectivity index (χ1n) is 8.58. The highest BCUT2D eigenvalue weighted by molar-refractivity contribution is 7.90. The zero-order chi connectivity index (χ0) is 18.7. The van der Waals surface area contributed by atoms with Crippen LogP contribution in [-0.2, 0) is 15.6 Å². The number of likely N-dealkylation sites (N-methyl/N-ethyl adjacent to an activating group) is 1. The highest BCUT2D eigenvalue weighted by atomic mass is 32.2. The van der Waals surface area contributed by atoms with E-state index < -0.39 is 9.84 Å². The first-order valence-corrected chi connectivity index (χ1v) is 10.2. The topological polar surface area (TPSA) is 70.6 Å². The van der Waals surface area contributed by atoms with E-state index in [4.69, 9.17) is 0 Å². The van der Waals surface area contributed by atoms with Gasteiger partial charge in [0.15, 0.2) is 9.84 Å². The number of rotatable bonds is 4. The van der Waals surface area contributed by atoms with Gasteiger partial charge in [0.2, 0.25) is 0 Å². The van der Waals surface area contributed by atoms with Crippen LogP contribution in [-0.4, -0.2) is 62.3 Å². The van der Waals surface area contributed by atoms with E-state index in [-0.39, 0.29) is 16.6 Å². The number of hydrogen-bond acceptors (Lipinski definition) is 5. The van der Waals surface area contributed by atoms with Crippen molar-refractivity contribution in [2.75, 3.05) is 33.2 Å². The van der Waals surface area contributed by atoms with Crippen LogP contribution >= 0.6 is 0 Å². The largest absolute Gasteiger partial charge is 0.335 e. The van der Waals surface area contributed by atoms with Crippen LogP contribution in [0.25, 0.3) is 0 Å². The SMILES string of the molecule is Cc1ccc(S(=O)(=O)Cc2cccc(C(=O)N3CCN(C)CC3)n2)cc1. The van der Waals surface area contributed by atoms with Gasteiger partial charge in [-0.3, -0.25) is 4.79 Å². The molecule has 0 aliphatic carbocycles. The summed E-state index contributed by atoms with van der Waals surface area (Å²) in [7, 11) is -1.47. The van der Waals surface area contributed by atoms with Gasteiger partial charge in [0, 0.05) is 26.2 Å². The summed E-state index contributed by atoms with van der Waals surface area (Å²) < 4.78 is 25.2. The molecule has 0 radical (unpaired) electrons. The predicted octanol–water partition coefficient (Wildman–Crippen LogP) is 1.75. The number of sulfone groups is 1. The highest BCUT2D eigenvalue weighted by Gasteiger charge is 2.22. The molecule has 0 N–H and O–H groups in total. The van der Waals surface area contributed by atoms with E-state index >= 15 is 0 Å². The third kappa shape index (κ3) is 4.28. The maximum Gasteiger partial charge on any atom is 0.272 e. The number of benzene rings is 1. The lowest BCUT2D eigenvalue weighted by Crippen LogP contribution is -2.47. The van der Waals surface area contributed by atoms with Crippen molar-refractivity contribution in [1.82, 2.24) is 14.8 Å². The number of carbonyl (C=O) groups is 1. The molecule has 2 aromatic rings. The van der Waals surface area contributed by atoms with Gasteiger partial charge in [0.1, 0.15) is 5.69 Å². The monoisotopic (exact) mass is 373 g/mol. The molecule has 0 bridgehead atoms. The molecule has 1 amide bonds. The van der Waals surface area contributed by atoms with Crippen molar-refractivity contribution in [3.63, 3.8) is 0 Å². The van der Waals surface area contributed by atoms with Gasteiger partial charge in [0.25, 0.3) is 5.91 Å². The molecule has 1 saturated heterocycles. The van der Waals surface area contributed by atoms with Gasteiger partial charge in [-0.25, -0.2) is 13.4 Å². The van der Waals surface area contributed by atoms with Crippen molar-refractivity contribution in [3.8, 4) is 0 Å². The zero-order valence-electron chi connectivity index (χ0n) is 15.1. The fourth-order valence-corrected chi connectivity index (χ4v) is 4.14. The quantitative estimate of drug-likeness (QED) is 0.817. The summed E-state index contributed by atoms with van der Waals surface area (Å²) in [6.45, 7) is 4.87. The van der Waals surface area contributed by atoms with Crippen LogP contribution < -0.4 is 0 Å². The van der Waals surface area contributed by atoms with Gasteiger partial charge in [0.05, 0.1) is 16.3 Å². The Labute approximate surface area is 154 Å². The normalized spacial score (nSPS) is 15.8. The molecule has 138 valence electrons. The molecule has 1 aliphatic heterocycles. The van der Waals surface area contributed by atoms with Crippen LogP contribution in [0.3, 0.4) is 0 Å². The first kappa shape index (κ1) is 18.5. The van der Waals surface area contributed by atoms with Crippen LogP contribution in [0, 0.1) is 6.92 Å². The Morgan fingerprint density at radius 3 is 2.35 bits per heavy atom. The Bertz CT molecular complexity index is 887. The molecule has 0 atom stereocenters. The molecule has 6 nitrogen and oxygen atoms in total. The summed E-state index contributed by atoms with van der Waals surface area (Å²) in [6, 6.07) is 11.7. The minimum absolute atomic E-state index is 0.146. The second kappa shape index (κ2) is 7.55. The molecule has 1 aliphatic rings. The molecular weight excluding hydrogens is 350 g/mol. The molecule has 3 rings (SSSR count). The van der Waals surface area contributed by atoms with Gasteiger partial charge in [-0.05, 0) is 38.2 Å². The van der Waals surface area contributed by atoms with Crippen molar-refractivity contribution >= 4 is 15.7 Å². The molecule has 7 heteroatoms. The molecule has 0 spiro atoms. The van der Waals surface area contributed by atoms with Crippen LogP contribution in [0.4, 0.5) is 0 Å². The minimum atomic E-state index is -3.50. The molecule has 1 aromatic heterocycles. The lowest BCUT2D eigenvalue weighted by atomic mass is 10.2. The second-order valence-electron chi connectivity index (χ2n) is 6.68. The lowest BCUT2D eigenvalue weighted by molar-refractivity contribution is 0.0658. The van der Waals surface area contributed by atoms with E-state index in [0.29, 0.717) is 24.5 Å². The maximum atomic E-state index is 12.6. The summed E-state index contributed by atoms with van der Waals surface area (Å²) >= 11 is 0. The van der Waals surface area contributed by atoms with Gasteiger partial charge < -0.3 is 9.80 Å². The Morgan fingerprint density at radius 1 is 1.04 bits per heavy atom. The minimum Gasteiger partial charge on any atom is -0.335 e. The van der Waals surface area contributed by atoms with Gasteiger partial charge >= 0.3 is 0 Å². The standard InChI is InChI=1S/C19H23N3O3S/c1-15-6-8-17(9-7-15)26(24,25)14-16-4-3-5-18(20-16)19(23)22-12-10-21(2)11-13-22/h3-9H,10-14H2,1-2H3. The van der Waals surface area contributed by atoms with E-state index in [0.717, 1.165) is 18.7 Å². The number of carbonyl (C=O) groups excluding carboxylic acids is 1. The predicted molar refractivity (Wildman–Crippen MR) is 99.7 cm³/mol. The third-order valence-electron chi connectivity index (χ3n) is 4.53. The summed E-state index contributed by atoms with van der Waals surface area (Å²) in [5.74, 6) is -0.368. The van der Waals surface area contributed by atoms with Crippen LogP contribution in [0.15, 0.2) is 47.4 Å². The number of pyridine rings is 1. The first-order chi connectivity index (χ1) is 12.3. The number of hydrogen-bond donors (Lipinski definition) is 0. The van der Waals surface area contributed by atoms with Crippen LogP contribution in [0.2, 0.25) is 0 Å². The molecule has 2 heterocycles. The van der Waals surface area contributed by atoms with Crippen molar-refractivity contribution in [1.29, 1.82) is 0 Å². The summed E-state index contributed by atoms with van der Waals surface area (Å²) in [4.78, 5) is 21.1. The van der Waals surface area contributed by atoms with Crippen molar-refractivity contribution in [2.24, 2.45) is 0 Å². The van der Waals surface area contributed by atoms with E-state index in [1.807, 2.05) is 14.0 Å². The van der Waals surface area contributed by atoms with E-state index in [1.165, 1.54) is 0 Å². The van der Waals surface area contributed by atoms with Crippen molar-refractivity contribution in [3.05, 3.63) is 59.4 Å². The zero-order valence-corrected chi connectivity index (χ0v) is 15.9. The smallest absolute Gasteiger partial charge is 0.272 e. The van der Waals surface area contributed by atoms with Crippen molar-refractivity contribution in [2.45, 2.75) is 17.6 Å². The summed E-state index contributed by atoms with van der Waals surface area (Å²) in [6.07, 6.45) is 0. The van der Waals surface area contributed by atoms with E-state index in [9.17, 15) is 13.2 Å². The number of nitrogens with zero attached hydrogens (tertiary/aromatic N) is 3. The Hall–Kier alpha value is -2.25. The molecule has 0 saturated carbocycles. The van der Waals surface area contributed by atoms with Crippen LogP contribution in [0.5, 0.6) is 0 Å². The number of piperazine rings is 1. The number of amides is 1. The fraction of sp³-hybridized carbons (Fsp3) is 0.368. The third-order valence-corrected chi connectivity index (χ3v) is 6.20. The molecule has 26 heavy (non-hydrogen) atoms. The number of aryl methyl sites for hydroxylation is 1. The van der Waals surface area contributed by atoms with E-state index in [2.05, 4.69) is 9.88 Å². The molecule has 1 fully saturated rings. The average molecular weight is 373 g/mol. The van der Waals surface area contributed by atoms with Gasteiger partial charge in [-0.1, -0.05) is 23.8 Å². The maximum absolute atomic E-state index is 12.6. The molecule has 0 unspecified atom stereocenters. The highest BCUT2D eigenvalue weighted by Crippen LogP contribution is 2.17. The Balaban J connectivity index is 1.77. The Morgan fingerprint density at radius 2 is 1.69 bits per heavy atom. The van der Waals surface area contributed by atoms with Gasteiger partial charge in [-0.2, -0.15) is 0 Å². The average Bonchev–Trinajstić information content (AvgIpc) is 2.62. The van der Waals surface area contributed by atoms with Crippen molar-refractivity contribution < 1.29 is 13.2 Å². The second-order valence-corrected chi connectivity index (χ2v) is 8.67. The molecule has 1 aromatic carbocycles. The lowest BCUT2D eigenvalue weighted by Gasteiger charge is -2.32. The number of aromatic nitrogens is 1. The van der Waals surface area contributed by atoms with E-state index in [1.54, 1.807) is 47.4 Å². The fourth-order valence-electron chi connectivity index (χ4n) is 2.87. The summed E-state index contributed by atoms with van der Waals surface area (Å²) in [5, 5.41) is 0. The summed E-state index contributed by atoms with van der Waals surface area (Å²) in [5.41, 5.74) is 1.68. The van der Waals surface area contributed by atoms with Crippen LogP contribution in [0.1, 0.15) is 21.7 Å².